The van der Waals surface area contributed by atoms with Crippen molar-refractivity contribution in [2.75, 3.05) is 44.8 Å². The van der Waals surface area contributed by atoms with Crippen molar-refractivity contribution < 1.29 is 44.5 Å². The van der Waals surface area contributed by atoms with Gasteiger partial charge >= 0.3 is 0 Å². The molecule has 0 aliphatic rings. The SMILES string of the molecule is C[N+](C)(CC(=O)c1ccc(NS(C)(=O)=O)cc1)CC(O)COc1ccc(Cl)cc1.[Br-]. The van der Waals surface area contributed by atoms with Gasteiger partial charge in [0.2, 0.25) is 15.8 Å². The number of hydrogen-bond donors (Lipinski definition) is 2. The van der Waals surface area contributed by atoms with Gasteiger partial charge in [-0.1, -0.05) is 11.6 Å². The van der Waals surface area contributed by atoms with Gasteiger partial charge < -0.3 is 31.3 Å². The van der Waals surface area contributed by atoms with Crippen LogP contribution in [-0.2, 0) is 10.0 Å². The number of halogens is 2. The molecule has 30 heavy (non-hydrogen) atoms. The fraction of sp³-hybridized carbons (Fsp3) is 0.350. The summed E-state index contributed by atoms with van der Waals surface area (Å²) in [6.45, 7) is 0.604. The van der Waals surface area contributed by atoms with Crippen LogP contribution in [0.5, 0.6) is 5.75 Å². The standard InChI is InChI=1S/C20H25ClN2O5S.BrH/c1-23(2,12-18(24)14-28-19-10-6-16(21)7-11-19)13-20(25)15-4-8-17(9-5-15)22-29(3,26)27;/h4-11,18,24H,12-14H2,1-3H3;1H. The van der Waals surface area contributed by atoms with E-state index in [9.17, 15) is 18.3 Å². The van der Waals surface area contributed by atoms with Crippen LogP contribution in [0.15, 0.2) is 48.5 Å². The second kappa shape index (κ2) is 11.1. The van der Waals surface area contributed by atoms with Gasteiger partial charge in [0.05, 0.1) is 20.4 Å². The number of aliphatic hydroxyl groups excluding tert-OH is 1. The number of ether oxygens (including phenoxy) is 1. The van der Waals surface area contributed by atoms with E-state index in [1.54, 1.807) is 48.5 Å². The number of nitrogens with one attached hydrogen (secondary N) is 1. The molecule has 1 atom stereocenters. The minimum atomic E-state index is -3.36. The van der Waals surface area contributed by atoms with Crippen molar-refractivity contribution in [1.29, 1.82) is 0 Å². The van der Waals surface area contributed by atoms with Crippen molar-refractivity contribution in [2.24, 2.45) is 0 Å². The van der Waals surface area contributed by atoms with E-state index in [1.807, 2.05) is 14.1 Å². The fourth-order valence-corrected chi connectivity index (χ4v) is 3.52. The highest BCUT2D eigenvalue weighted by molar-refractivity contribution is 7.92. The lowest BCUT2D eigenvalue weighted by molar-refractivity contribution is -0.885. The van der Waals surface area contributed by atoms with Gasteiger partial charge in [0.15, 0.2) is 0 Å². The molecular formula is C20H26BrClN2O5S. The molecule has 166 valence electrons. The second-order valence-corrected chi connectivity index (χ2v) is 9.75. The quantitative estimate of drug-likeness (QED) is 0.322. The first-order valence-corrected chi connectivity index (χ1v) is 11.2. The molecule has 0 fully saturated rings. The van der Waals surface area contributed by atoms with Gasteiger partial charge in [0, 0.05) is 16.3 Å². The van der Waals surface area contributed by atoms with Crippen LogP contribution >= 0.6 is 11.6 Å². The summed E-state index contributed by atoms with van der Waals surface area (Å²) in [5.41, 5.74) is 0.870. The predicted molar refractivity (Wildman–Crippen MR) is 114 cm³/mol. The third-order valence-corrected chi connectivity index (χ3v) is 4.90. The molecule has 0 spiro atoms. The van der Waals surface area contributed by atoms with Crippen LogP contribution in [0.25, 0.3) is 0 Å². The van der Waals surface area contributed by atoms with Crippen molar-refractivity contribution in [3.05, 3.63) is 59.1 Å². The zero-order valence-electron chi connectivity index (χ0n) is 17.0. The molecule has 2 N–H and O–H groups in total. The molecule has 0 heterocycles. The Kier molecular flexibility index (Phi) is 9.77. The van der Waals surface area contributed by atoms with Crippen LogP contribution in [0.4, 0.5) is 5.69 Å². The molecule has 10 heteroatoms. The van der Waals surface area contributed by atoms with E-state index in [0.29, 0.717) is 28.6 Å². The summed E-state index contributed by atoms with van der Waals surface area (Å²) in [4.78, 5) is 12.6. The molecule has 0 aliphatic heterocycles. The van der Waals surface area contributed by atoms with E-state index in [0.717, 1.165) is 6.26 Å². The van der Waals surface area contributed by atoms with Crippen molar-refractivity contribution in [3.63, 3.8) is 0 Å². The lowest BCUT2D eigenvalue weighted by Crippen LogP contribution is -3.00. The van der Waals surface area contributed by atoms with Crippen LogP contribution in [0.3, 0.4) is 0 Å². The minimum Gasteiger partial charge on any atom is -1.00 e. The lowest BCUT2D eigenvalue weighted by atomic mass is 10.1. The number of nitrogens with zero attached hydrogens (tertiary/aromatic N) is 1. The molecule has 0 bridgehead atoms. The highest BCUT2D eigenvalue weighted by atomic mass is 79.9. The van der Waals surface area contributed by atoms with Gasteiger partial charge in [-0.2, -0.15) is 0 Å². The van der Waals surface area contributed by atoms with Gasteiger partial charge in [-0.3, -0.25) is 9.52 Å². The maximum atomic E-state index is 12.6. The summed E-state index contributed by atoms with van der Waals surface area (Å²) in [5.74, 6) is 0.504. The van der Waals surface area contributed by atoms with Crippen LogP contribution < -0.4 is 26.4 Å². The Labute approximate surface area is 193 Å². The molecule has 7 nitrogen and oxygen atoms in total. The number of quaternary nitrogens is 1. The Morgan fingerprint density at radius 2 is 1.70 bits per heavy atom. The number of likely N-dealkylation sites (N-methyl/N-ethyl adjacent to an activating group) is 1. The van der Waals surface area contributed by atoms with E-state index < -0.39 is 16.1 Å². The molecule has 0 aromatic heterocycles. The Bertz CT molecular complexity index is 935. The van der Waals surface area contributed by atoms with Gasteiger partial charge in [-0.05, 0) is 48.5 Å². The second-order valence-electron chi connectivity index (χ2n) is 7.57. The molecule has 0 saturated heterocycles. The number of sulfonamides is 1. The summed E-state index contributed by atoms with van der Waals surface area (Å²) in [6.07, 6.45) is 0.309. The summed E-state index contributed by atoms with van der Waals surface area (Å²) in [7, 11) is 0.336. The van der Waals surface area contributed by atoms with E-state index >= 15 is 0 Å². The number of hydrogen-bond acceptors (Lipinski definition) is 5. The van der Waals surface area contributed by atoms with Gasteiger partial charge in [0.1, 0.15) is 31.5 Å². The maximum Gasteiger partial charge on any atom is 0.229 e. The molecule has 0 saturated carbocycles. The number of aliphatic hydroxyl groups is 1. The maximum absolute atomic E-state index is 12.6. The average molecular weight is 522 g/mol. The number of carbonyl (C=O) groups is 1. The molecule has 0 amide bonds. The highest BCUT2D eigenvalue weighted by Gasteiger charge is 2.25. The Balaban J connectivity index is 0.00000450. The Morgan fingerprint density at radius 1 is 1.13 bits per heavy atom. The molecule has 0 radical (unpaired) electrons. The normalized spacial score (nSPS) is 12.6. The van der Waals surface area contributed by atoms with Crippen molar-refractivity contribution in [3.8, 4) is 5.75 Å². The molecule has 0 aliphatic carbocycles. The fourth-order valence-electron chi connectivity index (χ4n) is 2.83. The third-order valence-electron chi connectivity index (χ3n) is 4.04. The number of Topliss-reactive ketones (excluding diaryl/α,β-unsaturated/α-hetero) is 1. The first-order chi connectivity index (χ1) is 13.4. The third kappa shape index (κ3) is 9.44. The van der Waals surface area contributed by atoms with Gasteiger partial charge in [0.25, 0.3) is 0 Å². The van der Waals surface area contributed by atoms with Crippen molar-refractivity contribution in [2.45, 2.75) is 6.10 Å². The number of ketones is 1. The van der Waals surface area contributed by atoms with Gasteiger partial charge in [-0.25, -0.2) is 8.42 Å². The lowest BCUT2D eigenvalue weighted by Gasteiger charge is -2.31. The Morgan fingerprint density at radius 3 is 2.23 bits per heavy atom. The minimum absolute atomic E-state index is 0. The topological polar surface area (TPSA) is 92.7 Å². The number of benzene rings is 2. The zero-order chi connectivity index (χ0) is 21.7. The molecular weight excluding hydrogens is 496 g/mol. The smallest absolute Gasteiger partial charge is 0.229 e. The predicted octanol–water partition coefficient (Wildman–Crippen LogP) is -0.585. The first-order valence-electron chi connectivity index (χ1n) is 8.93. The van der Waals surface area contributed by atoms with E-state index in [2.05, 4.69) is 4.72 Å². The van der Waals surface area contributed by atoms with Crippen molar-refractivity contribution in [1.82, 2.24) is 0 Å². The first kappa shape index (κ1) is 26.4. The van der Waals surface area contributed by atoms with Crippen LogP contribution in [0, 0.1) is 0 Å². The van der Waals surface area contributed by atoms with E-state index in [-0.39, 0.29) is 40.4 Å². The number of carbonyl (C=O) groups excluding carboxylic acids is 1. The monoisotopic (exact) mass is 520 g/mol. The summed E-state index contributed by atoms with van der Waals surface area (Å²) in [6, 6.07) is 13.1. The van der Waals surface area contributed by atoms with Crippen LogP contribution in [0.1, 0.15) is 10.4 Å². The number of rotatable bonds is 10. The summed E-state index contributed by atoms with van der Waals surface area (Å²) in [5, 5.41) is 10.9. The molecule has 1 unspecified atom stereocenters. The Hall–Kier alpha value is -1.65. The largest absolute Gasteiger partial charge is 1.00 e. The summed E-state index contributed by atoms with van der Waals surface area (Å²) < 4.78 is 30.7. The molecule has 2 aromatic carbocycles. The highest BCUT2D eigenvalue weighted by Crippen LogP contribution is 2.16. The summed E-state index contributed by atoms with van der Waals surface area (Å²) >= 11 is 5.83. The number of anilines is 1. The van der Waals surface area contributed by atoms with E-state index in [1.165, 1.54) is 0 Å². The van der Waals surface area contributed by atoms with Crippen LogP contribution in [0.2, 0.25) is 5.02 Å². The van der Waals surface area contributed by atoms with E-state index in [4.69, 9.17) is 16.3 Å². The molecule has 2 aromatic rings. The van der Waals surface area contributed by atoms with Gasteiger partial charge in [-0.15, -0.1) is 0 Å². The van der Waals surface area contributed by atoms with Crippen molar-refractivity contribution >= 4 is 33.1 Å². The average Bonchev–Trinajstić information content (AvgIpc) is 2.59. The molecule has 2 rings (SSSR count). The van der Waals surface area contributed by atoms with Crippen LogP contribution in [-0.4, -0.2) is 69.9 Å². The zero-order valence-corrected chi connectivity index (χ0v) is 20.2.